The zero-order chi connectivity index (χ0) is 18.1. The van der Waals surface area contributed by atoms with Crippen LogP contribution in [0.3, 0.4) is 0 Å². The number of hydrogen-bond donors (Lipinski definition) is 1. The van der Waals surface area contributed by atoms with Crippen molar-refractivity contribution in [2.45, 2.75) is 6.92 Å². The Hall–Kier alpha value is -2.92. The molecule has 4 nitrogen and oxygen atoms in total. The van der Waals surface area contributed by atoms with Crippen molar-refractivity contribution in [3.63, 3.8) is 0 Å². The van der Waals surface area contributed by atoms with Crippen molar-refractivity contribution in [2.24, 2.45) is 0 Å². The SMILES string of the molecule is Cc1ccc(C(=O)Oc2ccc(-c3nc4ccccc4[nH]3)cc2)cc1Br. The summed E-state index contributed by atoms with van der Waals surface area (Å²) in [5.41, 5.74) is 4.41. The third-order valence-electron chi connectivity index (χ3n) is 4.14. The molecule has 0 bridgehead atoms. The van der Waals surface area contributed by atoms with Crippen molar-refractivity contribution >= 4 is 32.9 Å². The second-order valence-electron chi connectivity index (χ2n) is 5.98. The second kappa shape index (κ2) is 6.77. The minimum Gasteiger partial charge on any atom is -0.423 e. The molecule has 128 valence electrons. The molecule has 3 aromatic carbocycles. The average molecular weight is 407 g/mol. The first kappa shape index (κ1) is 16.5. The van der Waals surface area contributed by atoms with E-state index < -0.39 is 0 Å². The molecule has 0 unspecified atom stereocenters. The summed E-state index contributed by atoms with van der Waals surface area (Å²) in [7, 11) is 0. The summed E-state index contributed by atoms with van der Waals surface area (Å²) in [5, 5.41) is 0. The molecule has 5 heteroatoms. The number of esters is 1. The first-order valence-corrected chi connectivity index (χ1v) is 8.93. The first-order chi connectivity index (χ1) is 12.6. The van der Waals surface area contributed by atoms with Crippen LogP contribution in [0.1, 0.15) is 15.9 Å². The smallest absolute Gasteiger partial charge is 0.343 e. The van der Waals surface area contributed by atoms with Gasteiger partial charge >= 0.3 is 5.97 Å². The van der Waals surface area contributed by atoms with E-state index in [9.17, 15) is 4.79 Å². The summed E-state index contributed by atoms with van der Waals surface area (Å²) in [6.07, 6.45) is 0. The summed E-state index contributed by atoms with van der Waals surface area (Å²) in [6.45, 7) is 1.97. The molecule has 1 N–H and O–H groups in total. The Morgan fingerprint density at radius 3 is 2.54 bits per heavy atom. The number of rotatable bonds is 3. The standard InChI is InChI=1S/C21H15BrN2O2/c1-13-6-7-15(12-17(13)22)21(25)26-16-10-8-14(9-11-16)20-23-18-4-2-3-5-19(18)24-20/h2-12H,1H3,(H,23,24). The summed E-state index contributed by atoms with van der Waals surface area (Å²) < 4.78 is 6.34. The molecule has 4 rings (SSSR count). The molecule has 1 heterocycles. The molecule has 0 aliphatic rings. The van der Waals surface area contributed by atoms with Gasteiger partial charge in [-0.15, -0.1) is 0 Å². The van der Waals surface area contributed by atoms with E-state index in [2.05, 4.69) is 25.9 Å². The van der Waals surface area contributed by atoms with Crippen molar-refractivity contribution in [1.82, 2.24) is 9.97 Å². The Labute approximate surface area is 159 Å². The van der Waals surface area contributed by atoms with Gasteiger partial charge in [0.1, 0.15) is 11.6 Å². The number of aryl methyl sites for hydroxylation is 1. The van der Waals surface area contributed by atoms with Crippen LogP contribution in [0.25, 0.3) is 22.4 Å². The van der Waals surface area contributed by atoms with Crippen LogP contribution in [0.2, 0.25) is 0 Å². The molecule has 0 aliphatic heterocycles. The van der Waals surface area contributed by atoms with E-state index in [1.54, 1.807) is 24.3 Å². The van der Waals surface area contributed by atoms with E-state index in [4.69, 9.17) is 4.74 Å². The lowest BCUT2D eigenvalue weighted by molar-refractivity contribution is 0.0734. The molecule has 0 radical (unpaired) electrons. The monoisotopic (exact) mass is 406 g/mol. The van der Waals surface area contributed by atoms with Crippen LogP contribution in [0, 0.1) is 6.92 Å². The van der Waals surface area contributed by atoms with Crippen LogP contribution in [0.15, 0.2) is 71.2 Å². The quantitative estimate of drug-likeness (QED) is 0.359. The predicted octanol–water partition coefficient (Wildman–Crippen LogP) is 5.52. The highest BCUT2D eigenvalue weighted by Gasteiger charge is 2.11. The molecule has 0 aliphatic carbocycles. The molecule has 0 spiro atoms. The van der Waals surface area contributed by atoms with Crippen LogP contribution < -0.4 is 4.74 Å². The number of ether oxygens (including phenoxy) is 1. The Balaban J connectivity index is 1.53. The van der Waals surface area contributed by atoms with Gasteiger partial charge in [0.25, 0.3) is 0 Å². The van der Waals surface area contributed by atoms with Crippen molar-refractivity contribution in [2.75, 3.05) is 0 Å². The highest BCUT2D eigenvalue weighted by Crippen LogP contribution is 2.24. The Kier molecular flexibility index (Phi) is 4.31. The normalized spacial score (nSPS) is 10.8. The lowest BCUT2D eigenvalue weighted by Gasteiger charge is -2.06. The van der Waals surface area contributed by atoms with E-state index in [1.807, 2.05) is 49.4 Å². The number of para-hydroxylation sites is 2. The number of hydrogen-bond acceptors (Lipinski definition) is 3. The number of nitrogens with zero attached hydrogens (tertiary/aromatic N) is 1. The maximum absolute atomic E-state index is 12.3. The number of nitrogens with one attached hydrogen (secondary N) is 1. The van der Waals surface area contributed by atoms with Crippen molar-refractivity contribution in [1.29, 1.82) is 0 Å². The van der Waals surface area contributed by atoms with Crippen LogP contribution in [0.4, 0.5) is 0 Å². The number of carbonyl (C=O) groups is 1. The minimum atomic E-state index is -0.387. The maximum Gasteiger partial charge on any atom is 0.343 e. The lowest BCUT2D eigenvalue weighted by atomic mass is 10.1. The number of imidazole rings is 1. The predicted molar refractivity (Wildman–Crippen MR) is 105 cm³/mol. The van der Waals surface area contributed by atoms with Crippen LogP contribution in [0.5, 0.6) is 5.75 Å². The fraction of sp³-hybridized carbons (Fsp3) is 0.0476. The van der Waals surface area contributed by atoms with Gasteiger partial charge in [0.05, 0.1) is 16.6 Å². The Morgan fingerprint density at radius 1 is 1.04 bits per heavy atom. The largest absolute Gasteiger partial charge is 0.423 e. The third kappa shape index (κ3) is 3.26. The molecule has 0 saturated heterocycles. The van der Waals surface area contributed by atoms with Gasteiger partial charge in [-0.05, 0) is 61.0 Å². The van der Waals surface area contributed by atoms with Gasteiger partial charge in [0.15, 0.2) is 0 Å². The van der Waals surface area contributed by atoms with Crippen molar-refractivity contribution in [3.8, 4) is 17.1 Å². The number of H-pyrrole nitrogens is 1. The van der Waals surface area contributed by atoms with Gasteiger partial charge in [-0.1, -0.05) is 34.1 Å². The number of halogens is 1. The van der Waals surface area contributed by atoms with E-state index in [0.29, 0.717) is 11.3 Å². The molecular weight excluding hydrogens is 392 g/mol. The minimum absolute atomic E-state index is 0.387. The molecule has 1 aromatic heterocycles. The number of aromatic amines is 1. The van der Waals surface area contributed by atoms with Gasteiger partial charge in [0, 0.05) is 10.0 Å². The fourth-order valence-electron chi connectivity index (χ4n) is 2.66. The van der Waals surface area contributed by atoms with Crippen LogP contribution in [-0.2, 0) is 0 Å². The fourth-order valence-corrected chi connectivity index (χ4v) is 3.03. The topological polar surface area (TPSA) is 55.0 Å². The zero-order valence-electron chi connectivity index (χ0n) is 14.0. The zero-order valence-corrected chi connectivity index (χ0v) is 15.6. The third-order valence-corrected chi connectivity index (χ3v) is 4.99. The van der Waals surface area contributed by atoms with Gasteiger partial charge in [-0.25, -0.2) is 9.78 Å². The molecule has 0 atom stereocenters. The number of benzene rings is 3. The van der Waals surface area contributed by atoms with Gasteiger partial charge in [-0.3, -0.25) is 0 Å². The summed E-state index contributed by atoms with van der Waals surface area (Å²) in [4.78, 5) is 20.1. The molecular formula is C21H15BrN2O2. The molecule has 4 aromatic rings. The number of aromatic nitrogens is 2. The van der Waals surface area contributed by atoms with Crippen LogP contribution in [-0.4, -0.2) is 15.9 Å². The van der Waals surface area contributed by atoms with E-state index in [0.717, 1.165) is 32.5 Å². The molecule has 0 saturated carbocycles. The van der Waals surface area contributed by atoms with E-state index >= 15 is 0 Å². The second-order valence-corrected chi connectivity index (χ2v) is 6.83. The molecule has 0 fully saturated rings. The average Bonchev–Trinajstić information content (AvgIpc) is 3.08. The first-order valence-electron chi connectivity index (χ1n) is 8.14. The van der Waals surface area contributed by atoms with Gasteiger partial charge < -0.3 is 9.72 Å². The van der Waals surface area contributed by atoms with E-state index in [-0.39, 0.29) is 5.97 Å². The maximum atomic E-state index is 12.3. The lowest BCUT2D eigenvalue weighted by Crippen LogP contribution is -2.08. The van der Waals surface area contributed by atoms with Crippen molar-refractivity contribution in [3.05, 3.63) is 82.3 Å². The highest BCUT2D eigenvalue weighted by atomic mass is 79.9. The summed E-state index contributed by atoms with van der Waals surface area (Å²) in [5.74, 6) is 0.889. The summed E-state index contributed by atoms with van der Waals surface area (Å²) in [6, 6.07) is 20.6. The van der Waals surface area contributed by atoms with E-state index in [1.165, 1.54) is 0 Å². The van der Waals surface area contributed by atoms with Crippen LogP contribution >= 0.6 is 15.9 Å². The van der Waals surface area contributed by atoms with Gasteiger partial charge in [0.2, 0.25) is 0 Å². The molecule has 0 amide bonds. The number of carbonyl (C=O) groups excluding carboxylic acids is 1. The van der Waals surface area contributed by atoms with Crippen molar-refractivity contribution < 1.29 is 9.53 Å². The highest BCUT2D eigenvalue weighted by molar-refractivity contribution is 9.10. The summed E-state index contributed by atoms with van der Waals surface area (Å²) >= 11 is 3.43. The Bertz CT molecular complexity index is 1070. The van der Waals surface area contributed by atoms with Gasteiger partial charge in [-0.2, -0.15) is 0 Å². The Morgan fingerprint density at radius 2 is 1.81 bits per heavy atom. The molecule has 26 heavy (non-hydrogen) atoms. The number of fused-ring (bicyclic) bond motifs is 1.